The maximum absolute atomic E-state index is 12.5. The van der Waals surface area contributed by atoms with Gasteiger partial charge >= 0.3 is 18.6 Å². The molecule has 1 amide bonds. The maximum Gasteiger partial charge on any atom is 0.387 e. The number of alkyl halides is 2. The van der Waals surface area contributed by atoms with Crippen LogP contribution in [-0.4, -0.2) is 49.1 Å². The third-order valence-corrected chi connectivity index (χ3v) is 4.09. The second kappa shape index (κ2) is 8.11. The van der Waals surface area contributed by atoms with Crippen molar-refractivity contribution in [3.05, 3.63) is 23.8 Å². The van der Waals surface area contributed by atoms with E-state index in [0.717, 1.165) is 6.92 Å². The molecule has 26 heavy (non-hydrogen) atoms. The van der Waals surface area contributed by atoms with Crippen molar-refractivity contribution in [1.29, 1.82) is 0 Å². The van der Waals surface area contributed by atoms with Gasteiger partial charge in [0, 0.05) is 26.3 Å². The minimum absolute atomic E-state index is 0.147. The molecule has 0 saturated carbocycles. The van der Waals surface area contributed by atoms with Crippen molar-refractivity contribution in [2.45, 2.75) is 38.8 Å². The molecule has 2 unspecified atom stereocenters. The first-order valence-corrected chi connectivity index (χ1v) is 7.85. The second-order valence-electron chi connectivity index (χ2n) is 5.82. The van der Waals surface area contributed by atoms with Gasteiger partial charge in [-0.25, -0.2) is 4.79 Å². The van der Waals surface area contributed by atoms with E-state index in [1.165, 1.54) is 37.1 Å². The lowest BCUT2D eigenvalue weighted by Gasteiger charge is -2.20. The number of carbonyl (C=O) groups excluding carboxylic acids is 3. The number of amides is 1. The van der Waals surface area contributed by atoms with Gasteiger partial charge in [-0.3, -0.25) is 9.59 Å². The van der Waals surface area contributed by atoms with Crippen molar-refractivity contribution in [3.8, 4) is 11.5 Å². The van der Waals surface area contributed by atoms with E-state index in [4.69, 9.17) is 9.47 Å². The van der Waals surface area contributed by atoms with E-state index < -0.39 is 24.6 Å². The van der Waals surface area contributed by atoms with Gasteiger partial charge in [-0.1, -0.05) is 6.07 Å². The highest BCUT2D eigenvalue weighted by Gasteiger charge is 2.39. The summed E-state index contributed by atoms with van der Waals surface area (Å²) in [6.45, 7) is -0.330. The molecule has 1 aromatic rings. The summed E-state index contributed by atoms with van der Waals surface area (Å²) in [4.78, 5) is 36.3. The van der Waals surface area contributed by atoms with Crippen LogP contribution in [-0.2, 0) is 19.1 Å². The number of ether oxygens (including phenoxy) is 3. The van der Waals surface area contributed by atoms with E-state index in [1.807, 2.05) is 0 Å². The number of nitrogens with zero attached hydrogens (tertiary/aromatic N) is 1. The Hall–Kier alpha value is -2.71. The number of esters is 2. The quantitative estimate of drug-likeness (QED) is 0.582. The maximum atomic E-state index is 12.5. The Morgan fingerprint density at radius 3 is 2.42 bits per heavy atom. The molecular weight excluding hydrogens is 352 g/mol. The van der Waals surface area contributed by atoms with Crippen LogP contribution in [0.15, 0.2) is 18.2 Å². The van der Waals surface area contributed by atoms with Crippen molar-refractivity contribution in [2.75, 3.05) is 13.7 Å². The van der Waals surface area contributed by atoms with E-state index in [9.17, 15) is 23.2 Å². The number of hydrogen-bond acceptors (Lipinski definition) is 6. The van der Waals surface area contributed by atoms with Gasteiger partial charge in [0.1, 0.15) is 6.04 Å². The van der Waals surface area contributed by atoms with Crippen LogP contribution in [0, 0.1) is 0 Å². The Morgan fingerprint density at radius 2 is 1.88 bits per heavy atom. The highest BCUT2D eigenvalue weighted by atomic mass is 19.3. The van der Waals surface area contributed by atoms with Gasteiger partial charge in [-0.15, -0.1) is 0 Å². The summed E-state index contributed by atoms with van der Waals surface area (Å²) in [5.41, 5.74) is 0.625. The van der Waals surface area contributed by atoms with E-state index >= 15 is 0 Å². The number of hydrogen-bond donors (Lipinski definition) is 0. The molecule has 0 radical (unpaired) electrons. The van der Waals surface area contributed by atoms with Crippen molar-refractivity contribution < 1.29 is 37.4 Å². The van der Waals surface area contributed by atoms with Crippen molar-refractivity contribution >= 4 is 17.8 Å². The van der Waals surface area contributed by atoms with Crippen LogP contribution in [0.1, 0.15) is 31.7 Å². The normalized spacial score (nSPS) is 19.4. The first-order valence-electron chi connectivity index (χ1n) is 7.85. The third kappa shape index (κ3) is 4.47. The summed E-state index contributed by atoms with van der Waals surface area (Å²) in [5, 5.41) is 0. The highest BCUT2D eigenvalue weighted by Crippen LogP contribution is 2.37. The lowest BCUT2D eigenvalue weighted by atomic mass is 9.96. The smallest absolute Gasteiger partial charge is 0.387 e. The first kappa shape index (κ1) is 19.6. The molecule has 1 saturated heterocycles. The monoisotopic (exact) mass is 371 g/mol. The molecular formula is C17H19F2NO6. The minimum atomic E-state index is -3.07. The molecule has 1 heterocycles. The van der Waals surface area contributed by atoms with Crippen LogP contribution in [0.3, 0.4) is 0 Å². The average molecular weight is 371 g/mol. The lowest BCUT2D eigenvalue weighted by Crippen LogP contribution is -2.39. The van der Waals surface area contributed by atoms with Crippen molar-refractivity contribution in [1.82, 2.24) is 4.90 Å². The fourth-order valence-electron chi connectivity index (χ4n) is 2.99. The number of carbonyl (C=O) groups is 3. The number of likely N-dealkylation sites (tertiary alicyclic amines) is 1. The predicted molar refractivity (Wildman–Crippen MR) is 84.9 cm³/mol. The van der Waals surface area contributed by atoms with Gasteiger partial charge in [-0.2, -0.15) is 8.78 Å². The molecule has 1 fully saturated rings. The van der Waals surface area contributed by atoms with Crippen LogP contribution < -0.4 is 9.47 Å². The Bertz CT molecular complexity index is 708. The van der Waals surface area contributed by atoms with E-state index in [2.05, 4.69) is 4.74 Å². The molecule has 1 aliphatic heterocycles. The molecule has 0 bridgehead atoms. The van der Waals surface area contributed by atoms with Crippen LogP contribution in [0.25, 0.3) is 0 Å². The summed E-state index contributed by atoms with van der Waals surface area (Å²) < 4.78 is 39.0. The van der Waals surface area contributed by atoms with E-state index in [1.54, 1.807) is 0 Å². The molecule has 0 aliphatic carbocycles. The molecule has 7 nitrogen and oxygen atoms in total. The fraction of sp³-hybridized carbons (Fsp3) is 0.471. The fourth-order valence-corrected chi connectivity index (χ4v) is 2.99. The molecule has 1 aliphatic rings. The highest BCUT2D eigenvalue weighted by molar-refractivity contribution is 5.84. The topological polar surface area (TPSA) is 82.1 Å². The van der Waals surface area contributed by atoms with Gasteiger partial charge in [-0.05, 0) is 24.1 Å². The third-order valence-electron chi connectivity index (χ3n) is 4.09. The summed E-state index contributed by atoms with van der Waals surface area (Å²) in [6.07, 6.45) is 0.306. The number of benzene rings is 1. The summed E-state index contributed by atoms with van der Waals surface area (Å²) in [7, 11) is 1.24. The molecule has 0 spiro atoms. The lowest BCUT2D eigenvalue weighted by molar-refractivity contribution is -0.150. The van der Waals surface area contributed by atoms with Crippen LogP contribution >= 0.6 is 0 Å². The van der Waals surface area contributed by atoms with Crippen molar-refractivity contribution in [3.63, 3.8) is 0 Å². The van der Waals surface area contributed by atoms with Gasteiger partial charge in [0.15, 0.2) is 11.5 Å². The Labute approximate surface area is 148 Å². The Morgan fingerprint density at radius 1 is 1.19 bits per heavy atom. The Balaban J connectivity index is 2.31. The predicted octanol–water partition coefficient (Wildman–Crippen LogP) is 2.09. The standard InChI is InChI=1S/C17H19F2NO6/c1-9(21)20-8-12(6-13(20)16(23)24-3)11-4-5-14(26-17(18)19)15(7-11)25-10(2)22/h4-5,7,12-13,17H,6,8H2,1-3H3. The number of rotatable bonds is 5. The van der Waals surface area contributed by atoms with Crippen LogP contribution in [0.4, 0.5) is 8.78 Å². The van der Waals surface area contributed by atoms with Gasteiger partial charge in [0.2, 0.25) is 5.91 Å². The second-order valence-corrected chi connectivity index (χ2v) is 5.82. The molecule has 2 rings (SSSR count). The number of methoxy groups -OCH3 is 1. The first-order chi connectivity index (χ1) is 12.2. The molecule has 0 N–H and O–H groups in total. The van der Waals surface area contributed by atoms with Crippen molar-refractivity contribution in [2.24, 2.45) is 0 Å². The number of halogens is 2. The minimum Gasteiger partial charge on any atom is -0.467 e. The zero-order valence-corrected chi connectivity index (χ0v) is 14.5. The molecule has 9 heteroatoms. The van der Waals surface area contributed by atoms with Gasteiger partial charge in [0.05, 0.1) is 7.11 Å². The summed E-state index contributed by atoms with van der Waals surface area (Å²) in [6, 6.07) is 3.48. The Kier molecular flexibility index (Phi) is 6.12. The zero-order chi connectivity index (χ0) is 19.4. The van der Waals surface area contributed by atoms with Gasteiger partial charge < -0.3 is 19.1 Å². The zero-order valence-electron chi connectivity index (χ0n) is 14.5. The molecule has 0 aromatic heterocycles. The summed E-state index contributed by atoms with van der Waals surface area (Å²) >= 11 is 0. The SMILES string of the molecule is COC(=O)C1CC(c2ccc(OC(F)F)c(OC(C)=O)c2)CN1C(C)=O. The average Bonchev–Trinajstić information content (AvgIpc) is 3.00. The molecule has 2 atom stereocenters. The van der Waals surface area contributed by atoms with Crippen LogP contribution in [0.2, 0.25) is 0 Å². The van der Waals surface area contributed by atoms with E-state index in [-0.39, 0.29) is 29.9 Å². The van der Waals surface area contributed by atoms with E-state index in [0.29, 0.717) is 12.0 Å². The molecule has 142 valence electrons. The summed E-state index contributed by atoms with van der Waals surface area (Å²) in [5.74, 6) is -2.17. The van der Waals surface area contributed by atoms with Crippen LogP contribution in [0.5, 0.6) is 11.5 Å². The molecule has 1 aromatic carbocycles. The van der Waals surface area contributed by atoms with Gasteiger partial charge in [0.25, 0.3) is 0 Å². The largest absolute Gasteiger partial charge is 0.467 e.